The molecule has 1 aromatic heterocycles. The van der Waals surface area contributed by atoms with Crippen LogP contribution in [0, 0.1) is 5.82 Å². The molecule has 0 aliphatic rings. The Labute approximate surface area is 106 Å². The summed E-state index contributed by atoms with van der Waals surface area (Å²) in [5.74, 6) is 1.25. The van der Waals surface area contributed by atoms with Crippen LogP contribution in [-0.4, -0.2) is 10.1 Å². The smallest absolute Gasteiger partial charge is 0.264 e. The topological polar surface area (TPSA) is 48.2 Å². The number of benzene rings is 1. The van der Waals surface area contributed by atoms with Crippen LogP contribution in [0.25, 0.3) is 0 Å². The van der Waals surface area contributed by atoms with Crippen molar-refractivity contribution in [2.24, 2.45) is 0 Å². The van der Waals surface area contributed by atoms with E-state index < -0.39 is 0 Å². The van der Waals surface area contributed by atoms with Gasteiger partial charge < -0.3 is 9.26 Å². The zero-order valence-electron chi connectivity index (χ0n) is 9.11. The van der Waals surface area contributed by atoms with Crippen LogP contribution in [0.15, 0.2) is 27.2 Å². The first-order valence-corrected chi connectivity index (χ1v) is 5.87. The number of rotatable bonds is 4. The average molecular weight is 301 g/mol. The van der Waals surface area contributed by atoms with Gasteiger partial charge in [0.15, 0.2) is 12.4 Å². The summed E-state index contributed by atoms with van der Waals surface area (Å²) in [6, 6.07) is 4.20. The van der Waals surface area contributed by atoms with Crippen molar-refractivity contribution in [2.75, 3.05) is 0 Å². The van der Waals surface area contributed by atoms with E-state index in [1.807, 2.05) is 6.92 Å². The molecule has 2 rings (SSSR count). The Kier molecular flexibility index (Phi) is 3.73. The molecule has 1 heterocycles. The van der Waals surface area contributed by atoms with Crippen LogP contribution < -0.4 is 4.74 Å². The van der Waals surface area contributed by atoms with E-state index in [1.54, 1.807) is 0 Å². The summed E-state index contributed by atoms with van der Waals surface area (Å²) < 4.78 is 23.8. The summed E-state index contributed by atoms with van der Waals surface area (Å²) in [7, 11) is 0. The van der Waals surface area contributed by atoms with Crippen LogP contribution >= 0.6 is 15.9 Å². The predicted molar refractivity (Wildman–Crippen MR) is 62.1 cm³/mol. The van der Waals surface area contributed by atoms with E-state index in [1.165, 1.54) is 18.2 Å². The van der Waals surface area contributed by atoms with Crippen LogP contribution in [0.1, 0.15) is 18.6 Å². The molecule has 0 saturated carbocycles. The van der Waals surface area contributed by atoms with Gasteiger partial charge in [0.2, 0.25) is 0 Å². The highest BCUT2D eigenvalue weighted by molar-refractivity contribution is 9.10. The van der Waals surface area contributed by atoms with Crippen molar-refractivity contribution in [1.82, 2.24) is 10.1 Å². The van der Waals surface area contributed by atoms with E-state index in [2.05, 4.69) is 26.1 Å². The highest BCUT2D eigenvalue weighted by Crippen LogP contribution is 2.26. The minimum Gasteiger partial charge on any atom is -0.483 e. The van der Waals surface area contributed by atoms with Crippen molar-refractivity contribution >= 4 is 15.9 Å². The summed E-state index contributed by atoms with van der Waals surface area (Å²) in [5.41, 5.74) is 0. The van der Waals surface area contributed by atoms with Crippen LogP contribution in [0.5, 0.6) is 5.75 Å². The van der Waals surface area contributed by atoms with Gasteiger partial charge in [0.1, 0.15) is 11.6 Å². The molecule has 0 spiro atoms. The number of halogens is 2. The third kappa shape index (κ3) is 3.03. The molecule has 6 heteroatoms. The molecule has 0 fully saturated rings. The Hall–Kier alpha value is -1.43. The Balaban J connectivity index is 2.02. The second-order valence-corrected chi connectivity index (χ2v) is 4.18. The molecule has 1 aromatic carbocycles. The number of hydrogen-bond donors (Lipinski definition) is 0. The van der Waals surface area contributed by atoms with Gasteiger partial charge in [0, 0.05) is 6.42 Å². The van der Waals surface area contributed by atoms with Gasteiger partial charge in [-0.15, -0.1) is 0 Å². The molecule has 0 saturated heterocycles. The van der Waals surface area contributed by atoms with Crippen molar-refractivity contribution in [2.45, 2.75) is 20.0 Å². The molecule has 0 bridgehead atoms. The van der Waals surface area contributed by atoms with Crippen LogP contribution in [0.4, 0.5) is 4.39 Å². The number of aromatic nitrogens is 2. The van der Waals surface area contributed by atoms with Gasteiger partial charge in [-0.05, 0) is 34.1 Å². The molecule has 0 amide bonds. The molecule has 17 heavy (non-hydrogen) atoms. The first kappa shape index (κ1) is 12.0. The summed E-state index contributed by atoms with van der Waals surface area (Å²) in [4.78, 5) is 4.10. The van der Waals surface area contributed by atoms with E-state index >= 15 is 0 Å². The van der Waals surface area contributed by atoms with Crippen molar-refractivity contribution in [3.05, 3.63) is 40.2 Å². The van der Waals surface area contributed by atoms with Gasteiger partial charge in [-0.25, -0.2) is 4.39 Å². The molecule has 0 unspecified atom stereocenters. The van der Waals surface area contributed by atoms with E-state index in [-0.39, 0.29) is 12.4 Å². The Morgan fingerprint density at radius 1 is 1.47 bits per heavy atom. The summed E-state index contributed by atoms with van der Waals surface area (Å²) in [6.07, 6.45) is 0.712. The monoisotopic (exact) mass is 300 g/mol. The Morgan fingerprint density at radius 3 is 2.94 bits per heavy atom. The first-order chi connectivity index (χ1) is 8.19. The standard InChI is InChI=1S/C11H10BrFN2O2/c1-2-10-14-11(17-15-10)6-16-9-4-3-7(13)5-8(9)12/h3-5H,2,6H2,1H3. The minimum absolute atomic E-state index is 0.164. The van der Waals surface area contributed by atoms with Gasteiger partial charge in [0.05, 0.1) is 4.47 Å². The van der Waals surface area contributed by atoms with E-state index in [0.29, 0.717) is 28.4 Å². The van der Waals surface area contributed by atoms with Crippen LogP contribution in [0.2, 0.25) is 0 Å². The number of aryl methyl sites for hydroxylation is 1. The molecule has 4 nitrogen and oxygen atoms in total. The molecule has 90 valence electrons. The maximum Gasteiger partial charge on any atom is 0.264 e. The second-order valence-electron chi connectivity index (χ2n) is 3.32. The lowest BCUT2D eigenvalue weighted by Crippen LogP contribution is -1.97. The molecular formula is C11H10BrFN2O2. The highest BCUT2D eigenvalue weighted by atomic mass is 79.9. The molecule has 0 aliphatic heterocycles. The van der Waals surface area contributed by atoms with E-state index in [4.69, 9.17) is 9.26 Å². The zero-order chi connectivity index (χ0) is 12.3. The predicted octanol–water partition coefficient (Wildman–Crippen LogP) is 3.11. The zero-order valence-corrected chi connectivity index (χ0v) is 10.7. The lowest BCUT2D eigenvalue weighted by atomic mass is 10.3. The molecular weight excluding hydrogens is 291 g/mol. The summed E-state index contributed by atoms with van der Waals surface area (Å²) in [6.45, 7) is 2.10. The molecule has 0 N–H and O–H groups in total. The van der Waals surface area contributed by atoms with Crippen LogP contribution in [0.3, 0.4) is 0 Å². The maximum atomic E-state index is 12.8. The molecule has 0 atom stereocenters. The fourth-order valence-electron chi connectivity index (χ4n) is 1.22. The average Bonchev–Trinajstić information content (AvgIpc) is 2.76. The Bertz CT molecular complexity index is 516. The number of ether oxygens (including phenoxy) is 1. The summed E-state index contributed by atoms with van der Waals surface area (Å²) >= 11 is 3.21. The van der Waals surface area contributed by atoms with Crippen LogP contribution in [-0.2, 0) is 13.0 Å². The van der Waals surface area contributed by atoms with Gasteiger partial charge in [-0.1, -0.05) is 12.1 Å². The fraction of sp³-hybridized carbons (Fsp3) is 0.273. The van der Waals surface area contributed by atoms with E-state index in [9.17, 15) is 4.39 Å². The van der Waals surface area contributed by atoms with Crippen molar-refractivity contribution in [3.8, 4) is 5.75 Å². The number of nitrogens with zero attached hydrogens (tertiary/aromatic N) is 2. The third-order valence-electron chi connectivity index (χ3n) is 2.07. The van der Waals surface area contributed by atoms with Crippen molar-refractivity contribution in [3.63, 3.8) is 0 Å². The second kappa shape index (κ2) is 5.27. The molecule has 0 aliphatic carbocycles. The highest BCUT2D eigenvalue weighted by Gasteiger charge is 2.07. The minimum atomic E-state index is -0.324. The molecule has 2 aromatic rings. The van der Waals surface area contributed by atoms with Crippen molar-refractivity contribution < 1.29 is 13.7 Å². The van der Waals surface area contributed by atoms with Crippen molar-refractivity contribution in [1.29, 1.82) is 0 Å². The number of hydrogen-bond acceptors (Lipinski definition) is 4. The quantitative estimate of drug-likeness (QED) is 0.870. The van der Waals surface area contributed by atoms with Gasteiger partial charge >= 0.3 is 0 Å². The summed E-state index contributed by atoms with van der Waals surface area (Å²) in [5, 5.41) is 3.75. The SMILES string of the molecule is CCc1noc(COc2ccc(F)cc2Br)n1. The fourth-order valence-corrected chi connectivity index (χ4v) is 1.69. The largest absolute Gasteiger partial charge is 0.483 e. The third-order valence-corrected chi connectivity index (χ3v) is 2.69. The first-order valence-electron chi connectivity index (χ1n) is 5.08. The molecule has 0 radical (unpaired) electrons. The van der Waals surface area contributed by atoms with Gasteiger partial charge in [-0.3, -0.25) is 0 Å². The van der Waals surface area contributed by atoms with Gasteiger partial charge in [-0.2, -0.15) is 4.98 Å². The Morgan fingerprint density at radius 2 is 2.29 bits per heavy atom. The lowest BCUT2D eigenvalue weighted by Gasteiger charge is -2.05. The van der Waals surface area contributed by atoms with Gasteiger partial charge in [0.25, 0.3) is 5.89 Å². The maximum absolute atomic E-state index is 12.8. The van der Waals surface area contributed by atoms with E-state index in [0.717, 1.165) is 0 Å². The lowest BCUT2D eigenvalue weighted by molar-refractivity contribution is 0.241. The normalized spacial score (nSPS) is 10.5.